The second-order valence-electron chi connectivity index (χ2n) is 2.70. The molecule has 5 heteroatoms. The maximum atomic E-state index is 11.1. The average molecular weight is 194 g/mol. The number of carbonyl (C=O) groups excluding carboxylic acids is 1. The molecule has 1 rings (SSSR count). The van der Waals surface area contributed by atoms with E-state index in [0.29, 0.717) is 19.7 Å². The second kappa shape index (κ2) is 4.64. The molecule has 1 fully saturated rings. The minimum Gasteiger partial charge on any atom is -0.390 e. The van der Waals surface area contributed by atoms with E-state index in [4.69, 9.17) is 21.4 Å². The van der Waals surface area contributed by atoms with Crippen molar-refractivity contribution in [2.45, 2.75) is 6.10 Å². The third-order valence-electron chi connectivity index (χ3n) is 1.69. The smallest absolute Gasteiger partial charge is 0.248 e. The van der Waals surface area contributed by atoms with Gasteiger partial charge >= 0.3 is 0 Å². The van der Waals surface area contributed by atoms with Crippen molar-refractivity contribution >= 4 is 17.5 Å². The molecule has 0 saturated carbocycles. The van der Waals surface area contributed by atoms with Crippen LogP contribution in [0.1, 0.15) is 0 Å². The number of hydrogen-bond acceptors (Lipinski definition) is 3. The first-order valence-electron chi connectivity index (χ1n) is 3.83. The van der Waals surface area contributed by atoms with Crippen LogP contribution in [-0.4, -0.2) is 54.2 Å². The Kier molecular flexibility index (Phi) is 3.78. The topological polar surface area (TPSA) is 49.8 Å². The summed E-state index contributed by atoms with van der Waals surface area (Å²) in [5, 5.41) is 9.16. The zero-order valence-electron chi connectivity index (χ0n) is 6.70. The van der Waals surface area contributed by atoms with Crippen molar-refractivity contribution < 1.29 is 14.6 Å². The van der Waals surface area contributed by atoms with Gasteiger partial charge in [0.1, 0.15) is 6.61 Å². The molecule has 4 nitrogen and oxygen atoms in total. The number of rotatable bonds is 3. The number of alkyl halides is 1. The molecule has 1 atom stereocenters. The van der Waals surface area contributed by atoms with Gasteiger partial charge in [-0.05, 0) is 0 Å². The first kappa shape index (κ1) is 9.77. The van der Waals surface area contributed by atoms with Crippen LogP contribution in [0.5, 0.6) is 0 Å². The summed E-state index contributed by atoms with van der Waals surface area (Å²) in [5.74, 6) is 0.0791. The molecule has 0 spiro atoms. The summed E-state index contributed by atoms with van der Waals surface area (Å²) in [6.07, 6.45) is -0.631. The van der Waals surface area contributed by atoms with Crippen molar-refractivity contribution in [3.05, 3.63) is 0 Å². The molecule has 0 aromatic heterocycles. The van der Waals surface area contributed by atoms with Gasteiger partial charge in [-0.3, -0.25) is 4.79 Å². The van der Waals surface area contributed by atoms with E-state index in [2.05, 4.69) is 0 Å². The van der Waals surface area contributed by atoms with Gasteiger partial charge < -0.3 is 14.7 Å². The third kappa shape index (κ3) is 2.62. The van der Waals surface area contributed by atoms with Crippen LogP contribution in [0.25, 0.3) is 0 Å². The van der Waals surface area contributed by atoms with Gasteiger partial charge in [-0.25, -0.2) is 0 Å². The molecule has 1 aliphatic rings. The normalized spacial score (nSPS) is 21.2. The first-order valence-corrected chi connectivity index (χ1v) is 4.37. The summed E-state index contributed by atoms with van der Waals surface area (Å²) in [6.45, 7) is 1.52. The molecule has 1 saturated heterocycles. The fourth-order valence-electron chi connectivity index (χ4n) is 1.05. The fourth-order valence-corrected chi connectivity index (χ4v) is 1.14. The largest absolute Gasteiger partial charge is 0.390 e. The molecule has 0 radical (unpaired) electrons. The number of aliphatic hydroxyl groups is 1. The molecule has 0 aliphatic carbocycles. The molecule has 1 aliphatic heterocycles. The van der Waals surface area contributed by atoms with E-state index in [-0.39, 0.29) is 18.4 Å². The highest BCUT2D eigenvalue weighted by Gasteiger charge is 2.20. The molecule has 70 valence electrons. The standard InChI is InChI=1S/C7H12ClNO3/c8-3-6(10)4-9-1-2-12-5-7(9)11/h6,10H,1-5H2. The number of carbonyl (C=O) groups is 1. The van der Waals surface area contributed by atoms with Crippen molar-refractivity contribution in [2.75, 3.05) is 32.2 Å². The Morgan fingerprint density at radius 3 is 3.08 bits per heavy atom. The van der Waals surface area contributed by atoms with E-state index >= 15 is 0 Å². The predicted octanol–water partition coefficient (Wildman–Crippen LogP) is -0.555. The van der Waals surface area contributed by atoms with Crippen LogP contribution in [-0.2, 0) is 9.53 Å². The lowest BCUT2D eigenvalue weighted by Gasteiger charge is -2.28. The number of morpholine rings is 1. The monoisotopic (exact) mass is 193 g/mol. The molecule has 0 bridgehead atoms. The highest BCUT2D eigenvalue weighted by atomic mass is 35.5. The van der Waals surface area contributed by atoms with Gasteiger partial charge in [-0.15, -0.1) is 11.6 Å². The quantitative estimate of drug-likeness (QED) is 0.612. The Hall–Kier alpha value is -0.320. The van der Waals surface area contributed by atoms with E-state index in [1.807, 2.05) is 0 Å². The number of halogens is 1. The summed E-state index contributed by atoms with van der Waals surface area (Å²) in [4.78, 5) is 12.7. The van der Waals surface area contributed by atoms with Crippen molar-refractivity contribution in [3.63, 3.8) is 0 Å². The van der Waals surface area contributed by atoms with Crippen LogP contribution < -0.4 is 0 Å². The van der Waals surface area contributed by atoms with Crippen LogP contribution in [0.15, 0.2) is 0 Å². The summed E-state index contributed by atoms with van der Waals surface area (Å²) < 4.78 is 4.92. The SMILES string of the molecule is O=C1COCCN1CC(O)CCl. The lowest BCUT2D eigenvalue weighted by Crippen LogP contribution is -2.45. The molecule has 12 heavy (non-hydrogen) atoms. The molecule has 1 amide bonds. The molecule has 1 heterocycles. The minimum absolute atomic E-state index is 0.0783. The molecule has 0 aromatic carbocycles. The van der Waals surface area contributed by atoms with Gasteiger partial charge in [0.2, 0.25) is 5.91 Å². The van der Waals surface area contributed by atoms with Crippen molar-refractivity contribution in [3.8, 4) is 0 Å². The van der Waals surface area contributed by atoms with Crippen LogP contribution in [0.2, 0.25) is 0 Å². The highest BCUT2D eigenvalue weighted by molar-refractivity contribution is 6.18. The van der Waals surface area contributed by atoms with Gasteiger partial charge in [-0.1, -0.05) is 0 Å². The molecule has 1 unspecified atom stereocenters. The number of nitrogens with zero attached hydrogens (tertiary/aromatic N) is 1. The number of β-amino-alcohol motifs (C(OH)–C–C–N with tert-alkyl or cyclic N) is 1. The Labute approximate surface area is 76.1 Å². The maximum Gasteiger partial charge on any atom is 0.248 e. The number of amides is 1. The van der Waals surface area contributed by atoms with E-state index in [1.54, 1.807) is 4.90 Å². The third-order valence-corrected chi connectivity index (χ3v) is 2.05. The zero-order chi connectivity index (χ0) is 8.97. The van der Waals surface area contributed by atoms with Crippen LogP contribution in [0.3, 0.4) is 0 Å². The van der Waals surface area contributed by atoms with Gasteiger partial charge in [0, 0.05) is 13.1 Å². The van der Waals surface area contributed by atoms with Gasteiger partial charge in [-0.2, -0.15) is 0 Å². The van der Waals surface area contributed by atoms with E-state index in [1.165, 1.54) is 0 Å². The first-order chi connectivity index (χ1) is 5.74. The average Bonchev–Trinajstić information content (AvgIpc) is 2.09. The van der Waals surface area contributed by atoms with Crippen LogP contribution in [0, 0.1) is 0 Å². The summed E-state index contributed by atoms with van der Waals surface area (Å²) >= 11 is 5.40. The fraction of sp³-hybridized carbons (Fsp3) is 0.857. The van der Waals surface area contributed by atoms with Crippen LogP contribution >= 0.6 is 11.6 Å². The Balaban J connectivity index is 2.34. The van der Waals surface area contributed by atoms with Crippen molar-refractivity contribution in [1.29, 1.82) is 0 Å². The summed E-state index contributed by atoms with van der Waals surface area (Å²) in [6, 6.07) is 0. The Morgan fingerprint density at radius 1 is 1.75 bits per heavy atom. The summed E-state index contributed by atoms with van der Waals surface area (Å²) in [5.41, 5.74) is 0. The highest BCUT2D eigenvalue weighted by Crippen LogP contribution is 2.01. The second-order valence-corrected chi connectivity index (χ2v) is 3.01. The minimum atomic E-state index is -0.631. The van der Waals surface area contributed by atoms with Crippen molar-refractivity contribution in [1.82, 2.24) is 4.90 Å². The van der Waals surface area contributed by atoms with Crippen molar-refractivity contribution in [2.24, 2.45) is 0 Å². The molecular weight excluding hydrogens is 182 g/mol. The lowest BCUT2D eigenvalue weighted by atomic mass is 10.3. The van der Waals surface area contributed by atoms with Crippen LogP contribution in [0.4, 0.5) is 0 Å². The Morgan fingerprint density at radius 2 is 2.50 bits per heavy atom. The Bertz CT molecular complexity index is 165. The number of ether oxygens (including phenoxy) is 1. The van der Waals surface area contributed by atoms with E-state index in [0.717, 1.165) is 0 Å². The van der Waals surface area contributed by atoms with E-state index < -0.39 is 6.10 Å². The van der Waals surface area contributed by atoms with E-state index in [9.17, 15) is 4.79 Å². The lowest BCUT2D eigenvalue weighted by molar-refractivity contribution is -0.144. The number of aliphatic hydroxyl groups excluding tert-OH is 1. The predicted molar refractivity (Wildman–Crippen MR) is 44.1 cm³/mol. The molecule has 1 N–H and O–H groups in total. The maximum absolute atomic E-state index is 11.1. The summed E-state index contributed by atoms with van der Waals surface area (Å²) in [7, 11) is 0. The van der Waals surface area contributed by atoms with Gasteiger partial charge in [0.05, 0.1) is 18.6 Å². The molecular formula is C7H12ClNO3. The number of hydrogen-bond donors (Lipinski definition) is 1. The zero-order valence-corrected chi connectivity index (χ0v) is 7.46. The van der Waals surface area contributed by atoms with Gasteiger partial charge in [0.25, 0.3) is 0 Å². The van der Waals surface area contributed by atoms with Gasteiger partial charge in [0.15, 0.2) is 0 Å². The molecule has 0 aromatic rings.